The van der Waals surface area contributed by atoms with Crippen molar-refractivity contribution in [2.75, 3.05) is 6.54 Å². The fourth-order valence-corrected chi connectivity index (χ4v) is 4.09. The van der Waals surface area contributed by atoms with Crippen LogP contribution in [0.3, 0.4) is 0 Å². The van der Waals surface area contributed by atoms with Crippen LogP contribution in [0.25, 0.3) is 0 Å². The van der Waals surface area contributed by atoms with Gasteiger partial charge in [0.2, 0.25) is 10.0 Å². The van der Waals surface area contributed by atoms with Crippen molar-refractivity contribution in [1.82, 2.24) is 4.31 Å². The number of fused-ring (bicyclic) bond motifs is 1. The van der Waals surface area contributed by atoms with Crippen molar-refractivity contribution in [3.8, 4) is 0 Å². The second kappa shape index (κ2) is 4.13. The van der Waals surface area contributed by atoms with Crippen LogP contribution in [0.15, 0.2) is 27.6 Å². The summed E-state index contributed by atoms with van der Waals surface area (Å²) in [6.07, 6.45) is 0. The minimum absolute atomic E-state index is 0.340. The third-order valence-electron chi connectivity index (χ3n) is 2.56. The van der Waals surface area contributed by atoms with E-state index in [4.69, 9.17) is 0 Å². The Morgan fingerprint density at radius 1 is 1.44 bits per heavy atom. The van der Waals surface area contributed by atoms with Gasteiger partial charge < -0.3 is 0 Å². The van der Waals surface area contributed by atoms with Crippen molar-refractivity contribution < 1.29 is 8.42 Å². The highest BCUT2D eigenvalue weighted by Crippen LogP contribution is 2.32. The van der Waals surface area contributed by atoms with Gasteiger partial charge in [0.25, 0.3) is 0 Å². The van der Waals surface area contributed by atoms with Gasteiger partial charge in [0.05, 0.1) is 4.90 Å². The molecule has 0 bridgehead atoms. The molecule has 0 spiro atoms. The molecule has 16 heavy (non-hydrogen) atoms. The molecule has 0 saturated heterocycles. The summed E-state index contributed by atoms with van der Waals surface area (Å²) >= 11 is 3.36. The molecule has 0 N–H and O–H groups in total. The molecule has 1 heterocycles. The molecule has 0 unspecified atom stereocenters. The average molecular weight is 304 g/mol. The summed E-state index contributed by atoms with van der Waals surface area (Å²) in [5, 5.41) is 0. The number of halogens is 1. The second-order valence-electron chi connectivity index (χ2n) is 4.44. The highest BCUT2D eigenvalue weighted by molar-refractivity contribution is 9.10. The Hall–Kier alpha value is -0.390. The summed E-state index contributed by atoms with van der Waals surface area (Å²) in [5.41, 5.74) is 0.884. The van der Waals surface area contributed by atoms with Crippen molar-refractivity contribution >= 4 is 26.0 Å². The molecule has 5 heteroatoms. The van der Waals surface area contributed by atoms with E-state index in [1.807, 2.05) is 19.9 Å². The van der Waals surface area contributed by atoms with Gasteiger partial charge in [0.15, 0.2) is 0 Å². The van der Waals surface area contributed by atoms with Crippen molar-refractivity contribution in [2.45, 2.75) is 25.3 Å². The Balaban J connectivity index is 2.42. The first-order valence-electron chi connectivity index (χ1n) is 5.20. The molecule has 0 aromatic heterocycles. The third kappa shape index (κ3) is 2.04. The van der Waals surface area contributed by atoms with E-state index in [0.29, 0.717) is 23.9 Å². The summed E-state index contributed by atoms with van der Waals surface area (Å²) in [5.74, 6) is 0.340. The largest absolute Gasteiger partial charge is 0.243 e. The summed E-state index contributed by atoms with van der Waals surface area (Å²) in [6.45, 7) is 5.12. The first-order valence-corrected chi connectivity index (χ1v) is 7.43. The van der Waals surface area contributed by atoms with Crippen molar-refractivity contribution in [2.24, 2.45) is 5.92 Å². The monoisotopic (exact) mass is 303 g/mol. The van der Waals surface area contributed by atoms with E-state index in [0.717, 1.165) is 10.0 Å². The number of nitrogens with zero attached hydrogens (tertiary/aromatic N) is 1. The van der Waals surface area contributed by atoms with Crippen LogP contribution in [-0.4, -0.2) is 19.3 Å². The molecule has 3 nitrogen and oxygen atoms in total. The lowest BCUT2D eigenvalue weighted by Gasteiger charge is -2.16. The maximum atomic E-state index is 12.1. The zero-order valence-electron chi connectivity index (χ0n) is 9.27. The second-order valence-corrected chi connectivity index (χ2v) is 7.27. The van der Waals surface area contributed by atoms with E-state index in [2.05, 4.69) is 15.9 Å². The minimum atomic E-state index is -3.25. The number of hydrogen-bond acceptors (Lipinski definition) is 2. The van der Waals surface area contributed by atoms with Gasteiger partial charge in [-0.1, -0.05) is 29.8 Å². The molecule has 0 saturated carbocycles. The first kappa shape index (κ1) is 12.1. The van der Waals surface area contributed by atoms with Gasteiger partial charge in [-0.2, -0.15) is 4.31 Å². The van der Waals surface area contributed by atoms with Gasteiger partial charge in [0.1, 0.15) is 0 Å². The standard InChI is InChI=1S/C11H14BrNO2S/c1-8(2)6-13-7-9-5-10(12)3-4-11(9)16(13,14)15/h3-5,8H,6-7H2,1-2H3. The smallest absolute Gasteiger partial charge is 0.207 e. The number of rotatable bonds is 2. The van der Waals surface area contributed by atoms with Gasteiger partial charge in [-0.05, 0) is 29.7 Å². The molecule has 88 valence electrons. The molecule has 1 aliphatic rings. The summed E-state index contributed by atoms with van der Waals surface area (Å²) in [4.78, 5) is 0.455. The molecule has 1 aliphatic heterocycles. The third-order valence-corrected chi connectivity index (χ3v) is 4.96. The Kier molecular flexibility index (Phi) is 3.11. The van der Waals surface area contributed by atoms with Crippen LogP contribution in [0, 0.1) is 5.92 Å². The van der Waals surface area contributed by atoms with Crippen LogP contribution in [0.4, 0.5) is 0 Å². The zero-order valence-corrected chi connectivity index (χ0v) is 11.7. The van der Waals surface area contributed by atoms with E-state index < -0.39 is 10.0 Å². The predicted octanol–water partition coefficient (Wildman–Crippen LogP) is 2.61. The number of hydrogen-bond donors (Lipinski definition) is 0. The lowest BCUT2D eigenvalue weighted by Crippen LogP contribution is -2.28. The maximum Gasteiger partial charge on any atom is 0.243 e. The fourth-order valence-electron chi connectivity index (χ4n) is 1.91. The van der Waals surface area contributed by atoms with Crippen LogP contribution < -0.4 is 0 Å². The Morgan fingerprint density at radius 3 is 2.75 bits per heavy atom. The Bertz CT molecular complexity index is 511. The Morgan fingerprint density at radius 2 is 2.12 bits per heavy atom. The van der Waals surface area contributed by atoms with E-state index in [1.54, 1.807) is 16.4 Å². The van der Waals surface area contributed by atoms with E-state index in [9.17, 15) is 8.42 Å². The quantitative estimate of drug-likeness (QED) is 0.842. The molecule has 1 aromatic rings. The van der Waals surface area contributed by atoms with Crippen LogP contribution in [0.2, 0.25) is 0 Å². The lowest BCUT2D eigenvalue weighted by molar-refractivity contribution is 0.376. The average Bonchev–Trinajstić information content (AvgIpc) is 2.37. The van der Waals surface area contributed by atoms with Crippen molar-refractivity contribution in [3.05, 3.63) is 28.2 Å². The topological polar surface area (TPSA) is 37.4 Å². The van der Waals surface area contributed by atoms with Crippen LogP contribution in [-0.2, 0) is 16.6 Å². The lowest BCUT2D eigenvalue weighted by atomic mass is 10.2. The van der Waals surface area contributed by atoms with Crippen LogP contribution >= 0.6 is 15.9 Å². The van der Waals surface area contributed by atoms with Gasteiger partial charge in [0, 0.05) is 17.6 Å². The van der Waals surface area contributed by atoms with Gasteiger partial charge >= 0.3 is 0 Å². The normalized spacial score (nSPS) is 19.0. The number of sulfonamides is 1. The summed E-state index contributed by atoms with van der Waals surface area (Å²) in [6, 6.07) is 5.33. The van der Waals surface area contributed by atoms with Gasteiger partial charge in [-0.15, -0.1) is 0 Å². The Labute approximate surface area is 105 Å². The zero-order chi connectivity index (χ0) is 11.9. The predicted molar refractivity (Wildman–Crippen MR) is 66.6 cm³/mol. The van der Waals surface area contributed by atoms with E-state index >= 15 is 0 Å². The van der Waals surface area contributed by atoms with E-state index in [-0.39, 0.29) is 0 Å². The fraction of sp³-hybridized carbons (Fsp3) is 0.455. The first-order chi connectivity index (χ1) is 7.41. The van der Waals surface area contributed by atoms with Crippen LogP contribution in [0.5, 0.6) is 0 Å². The molecular formula is C11H14BrNO2S. The van der Waals surface area contributed by atoms with Crippen molar-refractivity contribution in [1.29, 1.82) is 0 Å². The van der Waals surface area contributed by atoms with Crippen LogP contribution in [0.1, 0.15) is 19.4 Å². The molecule has 0 aliphatic carbocycles. The molecule has 2 rings (SSSR count). The summed E-state index contributed by atoms with van der Waals surface area (Å²) in [7, 11) is -3.25. The highest BCUT2D eigenvalue weighted by atomic mass is 79.9. The molecule has 0 atom stereocenters. The van der Waals surface area contributed by atoms with Gasteiger partial charge in [-0.25, -0.2) is 8.42 Å². The molecule has 1 aromatic carbocycles. The van der Waals surface area contributed by atoms with Crippen molar-refractivity contribution in [3.63, 3.8) is 0 Å². The molecular weight excluding hydrogens is 290 g/mol. The maximum absolute atomic E-state index is 12.1. The molecule has 0 radical (unpaired) electrons. The highest BCUT2D eigenvalue weighted by Gasteiger charge is 2.34. The van der Waals surface area contributed by atoms with Gasteiger partial charge in [-0.3, -0.25) is 0 Å². The summed E-state index contributed by atoms with van der Waals surface area (Å²) < 4.78 is 26.8. The van der Waals surface area contributed by atoms with E-state index in [1.165, 1.54) is 0 Å². The number of benzene rings is 1. The minimum Gasteiger partial charge on any atom is -0.207 e. The molecule has 0 amide bonds. The SMILES string of the molecule is CC(C)CN1Cc2cc(Br)ccc2S1(=O)=O. The molecule has 0 fully saturated rings.